The van der Waals surface area contributed by atoms with Crippen molar-refractivity contribution in [3.63, 3.8) is 0 Å². The van der Waals surface area contributed by atoms with E-state index in [1.54, 1.807) is 49.1 Å². The van der Waals surface area contributed by atoms with Gasteiger partial charge in [0.1, 0.15) is 30.5 Å². The van der Waals surface area contributed by atoms with Crippen molar-refractivity contribution in [2.24, 2.45) is 0 Å². The molecule has 0 saturated carbocycles. The Morgan fingerprint density at radius 2 is 1.60 bits per heavy atom. The maximum atomic E-state index is 13.7. The van der Waals surface area contributed by atoms with Crippen LogP contribution >= 0.6 is 23.8 Å². The average Bonchev–Trinajstić information content (AvgIpc) is 3.37. The van der Waals surface area contributed by atoms with Crippen LogP contribution in [0.1, 0.15) is 43.9 Å². The minimum absolute atomic E-state index is 0.000329. The third-order valence-corrected chi connectivity index (χ3v) is 10.8. The van der Waals surface area contributed by atoms with Crippen molar-refractivity contribution in [1.82, 2.24) is 24.9 Å². The molecule has 0 radical (unpaired) electrons. The van der Waals surface area contributed by atoms with Crippen LogP contribution in [0.4, 0.5) is 24.5 Å². The number of alkyl halides is 3. The third-order valence-electron chi connectivity index (χ3n) is 10.0. The van der Waals surface area contributed by atoms with E-state index in [0.717, 1.165) is 54.4 Å². The molecule has 20 heteroatoms. The number of anilines is 2. The number of nitriles is 1. The van der Waals surface area contributed by atoms with E-state index in [4.69, 9.17) is 43.3 Å². The second-order valence-corrected chi connectivity index (χ2v) is 14.9. The van der Waals surface area contributed by atoms with Gasteiger partial charge >= 0.3 is 6.18 Å². The topological polar surface area (TPSA) is 163 Å². The lowest BCUT2D eigenvalue weighted by atomic mass is 10.0. The molecule has 1 unspecified atom stereocenters. The summed E-state index contributed by atoms with van der Waals surface area (Å²) in [4.78, 5) is 57.0. The number of benzene rings is 2. The van der Waals surface area contributed by atoms with Crippen LogP contribution in [0.3, 0.4) is 0 Å². The number of rotatable bonds is 14. The van der Waals surface area contributed by atoms with Gasteiger partial charge in [0.25, 0.3) is 17.4 Å². The van der Waals surface area contributed by atoms with Gasteiger partial charge in [-0.3, -0.25) is 39.2 Å². The molecule has 3 aliphatic rings. The smallest absolute Gasteiger partial charge is 0.417 e. The molecule has 2 aromatic carbocycles. The number of hydrogen-bond donors (Lipinski definition) is 1. The fourth-order valence-electron chi connectivity index (χ4n) is 6.85. The Morgan fingerprint density at radius 3 is 2.24 bits per heavy atom. The molecular weight excluding hydrogens is 805 g/mol. The first kappa shape index (κ1) is 42.5. The number of aromatic nitrogens is 2. The average molecular weight is 845 g/mol. The summed E-state index contributed by atoms with van der Waals surface area (Å²) in [5.74, 6) is -0.823. The zero-order chi connectivity index (χ0) is 41.8. The Kier molecular flexibility index (Phi) is 13.0. The maximum absolute atomic E-state index is 13.7. The standard InChI is InChI=1S/C38H40ClF3N8O7S/c1-37(2)35(54)48(26-4-3-24(22-43)28(21-26)38(40,41)42)36(58)49(37)25-5-7-27(8-6-25)56-20-19-55-17-15-46-11-13-47(14-12-46)16-18-57-30-23-44-50(34(53)32(30)39)29-9-10-31(51)45-33(29)52/h3-8,21,23,29H,9-20H2,1-2H3,(H,45,51,52). The number of piperazine rings is 1. The molecule has 308 valence electrons. The highest BCUT2D eigenvalue weighted by Gasteiger charge is 2.50. The third kappa shape index (κ3) is 9.26. The van der Waals surface area contributed by atoms with Crippen LogP contribution in [-0.2, 0) is 25.3 Å². The summed E-state index contributed by atoms with van der Waals surface area (Å²) in [6.07, 6.45) is -3.22. The van der Waals surface area contributed by atoms with Gasteiger partial charge in [0.15, 0.2) is 15.9 Å². The number of nitrogens with one attached hydrogen (secondary N) is 1. The lowest BCUT2D eigenvalue weighted by Crippen LogP contribution is -2.48. The Morgan fingerprint density at radius 1 is 0.948 bits per heavy atom. The van der Waals surface area contributed by atoms with E-state index in [9.17, 15) is 32.3 Å². The number of nitrogens with zero attached hydrogens (tertiary/aromatic N) is 7. The number of carbonyl (C=O) groups excluding carboxylic acids is 3. The van der Waals surface area contributed by atoms with Crippen LogP contribution in [0, 0.1) is 11.3 Å². The summed E-state index contributed by atoms with van der Waals surface area (Å²) in [5, 5.41) is 15.3. The van der Waals surface area contributed by atoms with Gasteiger partial charge in [-0.25, -0.2) is 4.68 Å². The highest BCUT2D eigenvalue weighted by Crippen LogP contribution is 2.40. The molecule has 58 heavy (non-hydrogen) atoms. The normalized spacial score (nSPS) is 19.0. The molecule has 4 heterocycles. The monoisotopic (exact) mass is 844 g/mol. The van der Waals surface area contributed by atoms with Crippen LogP contribution in [0.5, 0.6) is 11.5 Å². The van der Waals surface area contributed by atoms with Crippen molar-refractivity contribution in [2.75, 3.05) is 75.5 Å². The first-order valence-electron chi connectivity index (χ1n) is 18.4. The Balaban J connectivity index is 0.888. The van der Waals surface area contributed by atoms with Gasteiger partial charge in [-0.1, -0.05) is 11.6 Å². The van der Waals surface area contributed by atoms with E-state index in [0.29, 0.717) is 37.8 Å². The maximum Gasteiger partial charge on any atom is 0.417 e. The van der Waals surface area contributed by atoms with Gasteiger partial charge in [0.05, 0.1) is 42.3 Å². The molecule has 3 aromatic rings. The summed E-state index contributed by atoms with van der Waals surface area (Å²) >= 11 is 11.9. The van der Waals surface area contributed by atoms with Gasteiger partial charge in [0.2, 0.25) is 5.91 Å². The minimum Gasteiger partial charge on any atom is -0.491 e. The highest BCUT2D eigenvalue weighted by molar-refractivity contribution is 7.81. The molecule has 0 aliphatic carbocycles. The molecule has 6 rings (SSSR count). The van der Waals surface area contributed by atoms with Gasteiger partial charge < -0.3 is 19.1 Å². The van der Waals surface area contributed by atoms with E-state index in [1.807, 2.05) is 0 Å². The molecule has 0 bridgehead atoms. The van der Waals surface area contributed by atoms with Gasteiger partial charge in [-0.2, -0.15) is 23.5 Å². The van der Waals surface area contributed by atoms with Crippen molar-refractivity contribution < 1.29 is 41.8 Å². The van der Waals surface area contributed by atoms with Crippen LogP contribution in [0.25, 0.3) is 0 Å². The second kappa shape index (κ2) is 17.8. The van der Waals surface area contributed by atoms with Crippen LogP contribution in [0.15, 0.2) is 53.5 Å². The second-order valence-electron chi connectivity index (χ2n) is 14.2. The molecule has 15 nitrogen and oxygen atoms in total. The van der Waals surface area contributed by atoms with Crippen molar-refractivity contribution in [1.29, 1.82) is 5.26 Å². The van der Waals surface area contributed by atoms with Gasteiger partial charge in [-0.15, -0.1) is 0 Å². The van der Waals surface area contributed by atoms with Crippen molar-refractivity contribution >= 4 is 58.0 Å². The van der Waals surface area contributed by atoms with Crippen LogP contribution in [0.2, 0.25) is 5.02 Å². The summed E-state index contributed by atoms with van der Waals surface area (Å²) in [5.41, 5.74) is -3.11. The van der Waals surface area contributed by atoms with E-state index in [2.05, 4.69) is 20.2 Å². The fraction of sp³-hybridized carbons (Fsp3) is 0.447. The van der Waals surface area contributed by atoms with Crippen molar-refractivity contribution in [3.8, 4) is 17.6 Å². The van der Waals surface area contributed by atoms with E-state index in [-0.39, 0.29) is 41.0 Å². The zero-order valence-corrected chi connectivity index (χ0v) is 33.2. The number of amides is 3. The molecule has 3 aliphatic heterocycles. The summed E-state index contributed by atoms with van der Waals surface area (Å²) < 4.78 is 59.3. The Labute approximate surface area is 341 Å². The van der Waals surface area contributed by atoms with E-state index >= 15 is 0 Å². The molecule has 1 atom stereocenters. The number of halogens is 4. The number of carbonyl (C=O) groups is 3. The Bertz CT molecular complexity index is 2160. The largest absolute Gasteiger partial charge is 0.491 e. The van der Waals surface area contributed by atoms with Crippen molar-refractivity contribution in [2.45, 2.75) is 44.4 Å². The fourth-order valence-corrected chi connectivity index (χ4v) is 7.57. The molecule has 3 saturated heterocycles. The van der Waals surface area contributed by atoms with Gasteiger partial charge in [-0.05, 0) is 75.0 Å². The Hall–Kier alpha value is -5.13. The molecule has 1 aromatic heterocycles. The molecule has 3 fully saturated rings. The predicted octanol–water partition coefficient (Wildman–Crippen LogP) is 3.77. The summed E-state index contributed by atoms with van der Waals surface area (Å²) in [6, 6.07) is 10.5. The number of piperidine rings is 1. The molecule has 0 spiro atoms. The summed E-state index contributed by atoms with van der Waals surface area (Å²) in [7, 11) is 0. The quantitative estimate of drug-likeness (QED) is 0.142. The molecule has 3 amide bonds. The number of ether oxygens (including phenoxy) is 3. The first-order chi connectivity index (χ1) is 27.6. The van der Waals surface area contributed by atoms with Gasteiger partial charge in [0, 0.05) is 51.4 Å². The number of hydrogen-bond acceptors (Lipinski definition) is 12. The highest BCUT2D eigenvalue weighted by atomic mass is 35.5. The lowest BCUT2D eigenvalue weighted by molar-refractivity contribution is -0.138. The van der Waals surface area contributed by atoms with Crippen LogP contribution < -0.4 is 30.1 Å². The number of imide groups is 1. The van der Waals surface area contributed by atoms with E-state index in [1.165, 1.54) is 12.3 Å². The van der Waals surface area contributed by atoms with E-state index < -0.39 is 52.2 Å². The minimum atomic E-state index is -4.79. The number of thiocarbonyl (C=S) groups is 1. The zero-order valence-electron chi connectivity index (χ0n) is 31.6. The van der Waals surface area contributed by atoms with Crippen LogP contribution in [-0.4, -0.2) is 114 Å². The lowest BCUT2D eigenvalue weighted by Gasteiger charge is -2.34. The molecule has 1 N–H and O–H groups in total. The summed E-state index contributed by atoms with van der Waals surface area (Å²) in [6.45, 7) is 9.34. The first-order valence-corrected chi connectivity index (χ1v) is 19.2. The SMILES string of the molecule is CC1(C)C(=O)N(c2ccc(C#N)c(C(F)(F)F)c2)C(=S)N1c1ccc(OCCOCCN2CCN(CCOc3cnn(C4CCC(=O)NC4=O)c(=O)c3Cl)CC2)cc1. The molecular formula is C38H40ClF3N8O7S. The van der Waals surface area contributed by atoms with Crippen molar-refractivity contribution in [3.05, 3.63) is 75.2 Å². The predicted molar refractivity (Wildman–Crippen MR) is 209 cm³/mol.